The minimum Gasteiger partial charge on any atom is -0.469 e. The van der Waals surface area contributed by atoms with Gasteiger partial charge in [0.25, 0.3) is 0 Å². The molecule has 1 N–H and O–H groups in total. The second kappa shape index (κ2) is 14.3. The van der Waals surface area contributed by atoms with Gasteiger partial charge in [-0.05, 0) is 39.0 Å². The summed E-state index contributed by atoms with van der Waals surface area (Å²) in [6.07, 6.45) is 15.6. The highest BCUT2D eigenvalue weighted by molar-refractivity contribution is 5.68. The molecule has 0 aliphatic rings. The van der Waals surface area contributed by atoms with Crippen molar-refractivity contribution in [1.29, 1.82) is 0 Å². The maximum absolute atomic E-state index is 10.9. The molecule has 0 amide bonds. The van der Waals surface area contributed by atoms with Gasteiger partial charge in [0.15, 0.2) is 0 Å². The van der Waals surface area contributed by atoms with Crippen LogP contribution in [0.2, 0.25) is 0 Å². The number of methoxy groups -OCH3 is 1. The fourth-order valence-electron chi connectivity index (χ4n) is 2.02. The number of carbonyl (C=O) groups excluding carboxylic acids is 1. The van der Waals surface area contributed by atoms with E-state index in [1.165, 1.54) is 31.9 Å². The van der Waals surface area contributed by atoms with Crippen molar-refractivity contribution in [2.24, 2.45) is 0 Å². The number of aliphatic hydroxyl groups is 1. The number of hydrogen-bond acceptors (Lipinski definition) is 3. The van der Waals surface area contributed by atoms with Crippen LogP contribution < -0.4 is 0 Å². The molecule has 0 spiro atoms. The van der Waals surface area contributed by atoms with Gasteiger partial charge in [-0.2, -0.15) is 0 Å². The van der Waals surface area contributed by atoms with Gasteiger partial charge in [-0.3, -0.25) is 4.79 Å². The lowest BCUT2D eigenvalue weighted by Crippen LogP contribution is -1.99. The zero-order valence-corrected chi connectivity index (χ0v) is 13.1. The summed E-state index contributed by atoms with van der Waals surface area (Å²) in [6.45, 7) is 2.26. The summed E-state index contributed by atoms with van der Waals surface area (Å²) >= 11 is 0. The summed E-state index contributed by atoms with van der Waals surface area (Å²) in [4.78, 5) is 10.9. The van der Waals surface area contributed by atoms with Crippen molar-refractivity contribution >= 4 is 5.97 Å². The number of allylic oxidation sites excluding steroid dienone is 3. The molecular formula is C17H30O3. The van der Waals surface area contributed by atoms with E-state index in [4.69, 9.17) is 5.11 Å². The van der Waals surface area contributed by atoms with Gasteiger partial charge in [-0.1, -0.05) is 43.1 Å². The van der Waals surface area contributed by atoms with Gasteiger partial charge in [0.2, 0.25) is 0 Å². The second-order valence-corrected chi connectivity index (χ2v) is 4.98. The summed E-state index contributed by atoms with van der Waals surface area (Å²) in [7, 11) is 1.44. The van der Waals surface area contributed by atoms with Gasteiger partial charge in [-0.25, -0.2) is 0 Å². The standard InChI is InChI=1S/C17H30O3/c1-3-16(14-15-18)12-10-8-6-4-5-7-9-11-13-17(19)20-2/h3,8,10,18H,4-7,9,11-15H2,1-2H3/b10-8+,16-3-. The van der Waals surface area contributed by atoms with Crippen molar-refractivity contribution in [3.63, 3.8) is 0 Å². The van der Waals surface area contributed by atoms with Crippen molar-refractivity contribution < 1.29 is 14.6 Å². The summed E-state index contributed by atoms with van der Waals surface area (Å²) in [5, 5.41) is 8.87. The average Bonchev–Trinajstić information content (AvgIpc) is 2.47. The van der Waals surface area contributed by atoms with Gasteiger partial charge in [0, 0.05) is 13.0 Å². The predicted molar refractivity (Wildman–Crippen MR) is 83.6 cm³/mol. The predicted octanol–water partition coefficient (Wildman–Crippen LogP) is 4.17. The third-order valence-electron chi connectivity index (χ3n) is 3.37. The molecular weight excluding hydrogens is 252 g/mol. The molecule has 20 heavy (non-hydrogen) atoms. The zero-order chi connectivity index (χ0) is 15.1. The van der Waals surface area contributed by atoms with Crippen molar-refractivity contribution in [3.8, 4) is 0 Å². The normalized spacial score (nSPS) is 12.1. The van der Waals surface area contributed by atoms with E-state index in [-0.39, 0.29) is 12.6 Å². The number of ether oxygens (including phenoxy) is 1. The maximum atomic E-state index is 10.9. The van der Waals surface area contributed by atoms with Crippen LogP contribution in [-0.4, -0.2) is 24.8 Å². The molecule has 0 aliphatic carbocycles. The zero-order valence-electron chi connectivity index (χ0n) is 13.1. The SMILES string of the molecule is C/C=C(/C/C=C/CCCCCCCC(=O)OC)CCO. The van der Waals surface area contributed by atoms with E-state index in [0.717, 1.165) is 32.1 Å². The first-order chi connectivity index (χ1) is 9.74. The molecule has 0 atom stereocenters. The minimum atomic E-state index is -0.101. The van der Waals surface area contributed by atoms with Crippen LogP contribution in [0.5, 0.6) is 0 Å². The molecule has 0 aliphatic heterocycles. The molecule has 116 valence electrons. The van der Waals surface area contributed by atoms with E-state index in [0.29, 0.717) is 6.42 Å². The highest BCUT2D eigenvalue weighted by Gasteiger charge is 1.98. The van der Waals surface area contributed by atoms with Crippen LogP contribution in [0, 0.1) is 0 Å². The Labute approximate surface area is 123 Å². The number of rotatable bonds is 12. The molecule has 0 rings (SSSR count). The lowest BCUT2D eigenvalue weighted by Gasteiger charge is -2.01. The van der Waals surface area contributed by atoms with E-state index in [1.54, 1.807) is 0 Å². The largest absolute Gasteiger partial charge is 0.469 e. The van der Waals surface area contributed by atoms with Gasteiger partial charge in [0.05, 0.1) is 7.11 Å². The number of carbonyl (C=O) groups is 1. The fourth-order valence-corrected chi connectivity index (χ4v) is 2.02. The number of hydrogen-bond donors (Lipinski definition) is 1. The smallest absolute Gasteiger partial charge is 0.305 e. The molecule has 0 radical (unpaired) electrons. The molecule has 0 fully saturated rings. The van der Waals surface area contributed by atoms with Crippen LogP contribution in [0.4, 0.5) is 0 Å². The third kappa shape index (κ3) is 12.0. The minimum absolute atomic E-state index is 0.101. The molecule has 0 saturated heterocycles. The Morgan fingerprint density at radius 2 is 1.75 bits per heavy atom. The van der Waals surface area contributed by atoms with Crippen molar-refractivity contribution in [1.82, 2.24) is 0 Å². The maximum Gasteiger partial charge on any atom is 0.305 e. The summed E-state index contributed by atoms with van der Waals surface area (Å²) < 4.78 is 4.60. The molecule has 0 aromatic rings. The Balaban J connectivity index is 3.37. The van der Waals surface area contributed by atoms with Crippen LogP contribution in [0.1, 0.15) is 64.7 Å². The van der Waals surface area contributed by atoms with Crippen molar-refractivity contribution in [2.75, 3.05) is 13.7 Å². The average molecular weight is 282 g/mol. The summed E-state index contributed by atoms with van der Waals surface area (Å²) in [5.41, 5.74) is 1.30. The van der Waals surface area contributed by atoms with Crippen molar-refractivity contribution in [3.05, 3.63) is 23.8 Å². The lowest BCUT2D eigenvalue weighted by molar-refractivity contribution is -0.140. The first-order valence-corrected chi connectivity index (χ1v) is 7.71. The number of aliphatic hydroxyl groups excluding tert-OH is 1. The van der Waals surface area contributed by atoms with E-state index in [1.807, 2.05) is 6.92 Å². The molecule has 3 nitrogen and oxygen atoms in total. The van der Waals surface area contributed by atoms with Gasteiger partial charge in [-0.15, -0.1) is 0 Å². The van der Waals surface area contributed by atoms with Gasteiger partial charge in [0.1, 0.15) is 0 Å². The topological polar surface area (TPSA) is 46.5 Å². The summed E-state index contributed by atoms with van der Waals surface area (Å²) in [5.74, 6) is -0.101. The van der Waals surface area contributed by atoms with Crippen LogP contribution in [-0.2, 0) is 9.53 Å². The quantitative estimate of drug-likeness (QED) is 0.332. The molecule has 0 saturated carbocycles. The Hall–Kier alpha value is -1.09. The van der Waals surface area contributed by atoms with Crippen LogP contribution in [0.25, 0.3) is 0 Å². The van der Waals surface area contributed by atoms with Crippen LogP contribution in [0.3, 0.4) is 0 Å². The second-order valence-electron chi connectivity index (χ2n) is 4.98. The lowest BCUT2D eigenvalue weighted by atomic mass is 10.1. The molecule has 0 aromatic carbocycles. The van der Waals surface area contributed by atoms with Gasteiger partial charge >= 0.3 is 5.97 Å². The first-order valence-electron chi connectivity index (χ1n) is 7.71. The van der Waals surface area contributed by atoms with Gasteiger partial charge < -0.3 is 9.84 Å². The Morgan fingerprint density at radius 1 is 1.05 bits per heavy atom. The van der Waals surface area contributed by atoms with E-state index in [9.17, 15) is 4.79 Å². The molecule has 3 heteroatoms. The van der Waals surface area contributed by atoms with E-state index < -0.39 is 0 Å². The Morgan fingerprint density at radius 3 is 2.40 bits per heavy atom. The molecule has 0 aromatic heterocycles. The molecule has 0 heterocycles. The number of esters is 1. The van der Waals surface area contributed by atoms with Crippen LogP contribution in [0.15, 0.2) is 23.8 Å². The Bertz CT molecular complexity index is 293. The Kier molecular flexibility index (Phi) is 13.5. The number of unbranched alkanes of at least 4 members (excludes halogenated alkanes) is 5. The monoisotopic (exact) mass is 282 g/mol. The highest BCUT2D eigenvalue weighted by Crippen LogP contribution is 2.10. The molecule has 0 bridgehead atoms. The first kappa shape index (κ1) is 18.9. The van der Waals surface area contributed by atoms with E-state index in [2.05, 4.69) is 23.0 Å². The third-order valence-corrected chi connectivity index (χ3v) is 3.37. The highest BCUT2D eigenvalue weighted by atomic mass is 16.5. The van der Waals surface area contributed by atoms with Crippen LogP contribution >= 0.6 is 0 Å². The van der Waals surface area contributed by atoms with Crippen molar-refractivity contribution in [2.45, 2.75) is 64.7 Å². The van der Waals surface area contributed by atoms with E-state index >= 15 is 0 Å². The molecule has 0 unspecified atom stereocenters. The fraction of sp³-hybridized carbons (Fsp3) is 0.706. The summed E-state index contributed by atoms with van der Waals surface area (Å²) in [6, 6.07) is 0.